The van der Waals surface area contributed by atoms with Crippen molar-refractivity contribution in [3.8, 4) is 45.3 Å². The summed E-state index contributed by atoms with van der Waals surface area (Å²) in [4.78, 5) is 19.4. The minimum absolute atomic E-state index is 0.551. The van der Waals surface area contributed by atoms with Crippen molar-refractivity contribution in [1.29, 1.82) is 0 Å². The van der Waals surface area contributed by atoms with E-state index < -0.39 is 0 Å². The molecule has 48 heavy (non-hydrogen) atoms. The number of rotatable bonds is 4. The lowest BCUT2D eigenvalue weighted by molar-refractivity contribution is 0.667. The highest BCUT2D eigenvalue weighted by Gasteiger charge is 2.20. The number of hydrogen-bond donors (Lipinski definition) is 0. The van der Waals surface area contributed by atoms with Crippen molar-refractivity contribution in [2.75, 3.05) is 0 Å². The van der Waals surface area contributed by atoms with Crippen LogP contribution in [0.25, 0.3) is 98.2 Å². The van der Waals surface area contributed by atoms with Crippen molar-refractivity contribution in [3.05, 3.63) is 146 Å². The molecule has 6 heteroatoms. The lowest BCUT2D eigenvalue weighted by Gasteiger charge is -2.09. The maximum atomic E-state index is 6.50. The Kier molecular flexibility index (Phi) is 5.98. The van der Waals surface area contributed by atoms with Crippen molar-refractivity contribution < 1.29 is 4.42 Å². The molecule has 6 aromatic carbocycles. The van der Waals surface area contributed by atoms with E-state index in [-0.39, 0.29) is 0 Å². The van der Waals surface area contributed by atoms with E-state index in [1.165, 1.54) is 36.5 Å². The number of benzene rings is 6. The Labute approximate surface area is 278 Å². The predicted molar refractivity (Wildman–Crippen MR) is 197 cm³/mol. The fraction of sp³-hybridized carbons (Fsp3) is 0. The van der Waals surface area contributed by atoms with Crippen LogP contribution in [-0.2, 0) is 0 Å². The van der Waals surface area contributed by atoms with Crippen molar-refractivity contribution >= 4 is 64.2 Å². The highest BCUT2D eigenvalue weighted by molar-refractivity contribution is 7.26. The summed E-state index contributed by atoms with van der Waals surface area (Å²) in [5.74, 6) is 1.77. The van der Waals surface area contributed by atoms with Crippen molar-refractivity contribution in [3.63, 3.8) is 0 Å². The van der Waals surface area contributed by atoms with Crippen LogP contribution in [0.3, 0.4) is 0 Å². The molecule has 0 saturated carbocycles. The van der Waals surface area contributed by atoms with E-state index in [1.54, 1.807) is 6.20 Å². The number of pyridine rings is 1. The SMILES string of the molecule is c1ccc(-c2nc(-c3ccccc3)nc(-c3cncc4oc5cc(-c6cccc7c6sc6ccc8ccccc8c67)ccc5c34)n2)cc1. The van der Waals surface area contributed by atoms with E-state index in [0.29, 0.717) is 23.1 Å². The molecule has 0 bridgehead atoms. The van der Waals surface area contributed by atoms with Crippen LogP contribution >= 0.6 is 11.3 Å². The first-order valence-corrected chi connectivity index (χ1v) is 16.6. The smallest absolute Gasteiger partial charge is 0.166 e. The van der Waals surface area contributed by atoms with E-state index in [1.807, 2.05) is 78.2 Å². The zero-order chi connectivity index (χ0) is 31.6. The first kappa shape index (κ1) is 26.9. The molecule has 0 saturated heterocycles. The van der Waals surface area contributed by atoms with Crippen molar-refractivity contribution in [2.45, 2.75) is 0 Å². The quantitative estimate of drug-likeness (QED) is 0.193. The Balaban J connectivity index is 1.16. The minimum atomic E-state index is 0.551. The summed E-state index contributed by atoms with van der Waals surface area (Å²) in [6.07, 6.45) is 3.60. The molecule has 0 aliphatic heterocycles. The Bertz CT molecular complexity index is 2780. The number of nitrogens with zero attached hydrogens (tertiary/aromatic N) is 4. The summed E-state index contributed by atoms with van der Waals surface area (Å²) in [6, 6.07) is 46.2. The molecule has 0 N–H and O–H groups in total. The van der Waals surface area contributed by atoms with Crippen molar-refractivity contribution in [1.82, 2.24) is 19.9 Å². The molecule has 0 spiro atoms. The molecule has 0 amide bonds. The van der Waals surface area contributed by atoms with Gasteiger partial charge in [-0.1, -0.05) is 115 Å². The second-order valence-electron chi connectivity index (χ2n) is 11.9. The Morgan fingerprint density at radius 3 is 1.96 bits per heavy atom. The zero-order valence-corrected chi connectivity index (χ0v) is 26.3. The fourth-order valence-corrected chi connectivity index (χ4v) is 8.04. The van der Waals surface area contributed by atoms with Gasteiger partial charge in [-0.2, -0.15) is 0 Å². The largest absolute Gasteiger partial charge is 0.454 e. The summed E-state index contributed by atoms with van der Waals surface area (Å²) in [7, 11) is 0. The number of aromatic nitrogens is 4. The Morgan fingerprint density at radius 1 is 0.458 bits per heavy atom. The summed E-state index contributed by atoms with van der Waals surface area (Å²) < 4.78 is 9.07. The van der Waals surface area contributed by atoms with Gasteiger partial charge in [0.25, 0.3) is 0 Å². The van der Waals surface area contributed by atoms with Gasteiger partial charge >= 0.3 is 0 Å². The lowest BCUT2D eigenvalue weighted by atomic mass is 9.99. The maximum absolute atomic E-state index is 6.50. The Hall–Kier alpha value is -6.24. The van der Waals surface area contributed by atoms with Crippen LogP contribution in [-0.4, -0.2) is 19.9 Å². The van der Waals surface area contributed by atoms with Crippen LogP contribution < -0.4 is 0 Å². The molecule has 0 aliphatic carbocycles. The molecular formula is C42H24N4OS. The molecule has 4 heterocycles. The Morgan fingerprint density at radius 2 is 1.17 bits per heavy atom. The standard InChI is InChI=1S/C42H24N4OS/c1-3-11-26(12-4-1)40-44-41(27-13-5-2-6-14-27)46-42(45-40)33-23-43-24-35-37(33)31-20-18-28(22-34(31)47-35)30-16-9-17-32-38-29-15-8-7-10-25(29)19-21-36(38)48-39(30)32/h1-24H. The van der Waals surface area contributed by atoms with E-state index >= 15 is 0 Å². The van der Waals surface area contributed by atoms with Crippen LogP contribution in [0.15, 0.2) is 150 Å². The van der Waals surface area contributed by atoms with E-state index in [0.717, 1.165) is 38.6 Å². The topological polar surface area (TPSA) is 64.7 Å². The van der Waals surface area contributed by atoms with Gasteiger partial charge in [-0.25, -0.2) is 15.0 Å². The molecule has 0 fully saturated rings. The summed E-state index contributed by atoms with van der Waals surface area (Å²) >= 11 is 1.84. The van der Waals surface area contributed by atoms with Gasteiger partial charge in [0, 0.05) is 53.8 Å². The first-order chi connectivity index (χ1) is 23.8. The number of thiophene rings is 1. The average molecular weight is 633 g/mol. The normalized spacial score (nSPS) is 11.8. The van der Waals surface area contributed by atoms with E-state index in [4.69, 9.17) is 19.4 Å². The number of fused-ring (bicyclic) bond motifs is 8. The second-order valence-corrected chi connectivity index (χ2v) is 12.9. The van der Waals surface area contributed by atoms with Crippen LogP contribution in [0, 0.1) is 0 Å². The molecule has 0 aliphatic rings. The van der Waals surface area contributed by atoms with Gasteiger partial charge in [0.1, 0.15) is 5.58 Å². The van der Waals surface area contributed by atoms with Crippen LogP contribution in [0.2, 0.25) is 0 Å². The van der Waals surface area contributed by atoms with Gasteiger partial charge in [0.2, 0.25) is 0 Å². The highest BCUT2D eigenvalue weighted by atomic mass is 32.1. The molecule has 0 atom stereocenters. The highest BCUT2D eigenvalue weighted by Crippen LogP contribution is 2.44. The average Bonchev–Trinajstić information content (AvgIpc) is 3.74. The lowest BCUT2D eigenvalue weighted by Crippen LogP contribution is -2.00. The third kappa shape index (κ3) is 4.24. The van der Waals surface area contributed by atoms with E-state index in [2.05, 4.69) is 77.8 Å². The van der Waals surface area contributed by atoms with Crippen molar-refractivity contribution in [2.24, 2.45) is 0 Å². The molecular weight excluding hydrogens is 609 g/mol. The number of hydrogen-bond acceptors (Lipinski definition) is 6. The fourth-order valence-electron chi connectivity index (χ4n) is 6.79. The summed E-state index contributed by atoms with van der Waals surface area (Å²) in [6.45, 7) is 0. The molecule has 0 unspecified atom stereocenters. The monoisotopic (exact) mass is 632 g/mol. The van der Waals surface area contributed by atoms with Gasteiger partial charge in [-0.05, 0) is 40.1 Å². The van der Waals surface area contributed by atoms with Gasteiger partial charge < -0.3 is 4.42 Å². The van der Waals surface area contributed by atoms with Crippen LogP contribution in [0.4, 0.5) is 0 Å². The molecule has 10 aromatic rings. The van der Waals surface area contributed by atoms with Crippen LogP contribution in [0.1, 0.15) is 0 Å². The third-order valence-electron chi connectivity index (χ3n) is 9.02. The second kappa shape index (κ2) is 10.7. The van der Waals surface area contributed by atoms with Gasteiger partial charge in [-0.15, -0.1) is 11.3 Å². The zero-order valence-electron chi connectivity index (χ0n) is 25.5. The summed E-state index contributed by atoms with van der Waals surface area (Å²) in [5, 5.41) is 7.06. The number of furan rings is 1. The summed E-state index contributed by atoms with van der Waals surface area (Å²) in [5.41, 5.74) is 6.42. The predicted octanol–water partition coefficient (Wildman–Crippen LogP) is 11.4. The van der Waals surface area contributed by atoms with Gasteiger partial charge in [-0.3, -0.25) is 4.98 Å². The maximum Gasteiger partial charge on any atom is 0.166 e. The first-order valence-electron chi connectivity index (χ1n) is 15.8. The molecule has 0 radical (unpaired) electrons. The third-order valence-corrected chi connectivity index (χ3v) is 10.2. The molecule has 4 aromatic heterocycles. The minimum Gasteiger partial charge on any atom is -0.454 e. The van der Waals surface area contributed by atoms with Gasteiger partial charge in [0.05, 0.1) is 6.20 Å². The molecule has 5 nitrogen and oxygen atoms in total. The van der Waals surface area contributed by atoms with Crippen LogP contribution in [0.5, 0.6) is 0 Å². The van der Waals surface area contributed by atoms with E-state index in [9.17, 15) is 0 Å². The molecule has 10 rings (SSSR count). The van der Waals surface area contributed by atoms with Gasteiger partial charge in [0.15, 0.2) is 23.1 Å². The molecule has 224 valence electrons.